The van der Waals surface area contributed by atoms with Gasteiger partial charge in [-0.3, -0.25) is 0 Å². The van der Waals surface area contributed by atoms with Crippen molar-refractivity contribution in [2.75, 3.05) is 12.4 Å². The normalized spacial score (nSPS) is 10.3. The molecule has 100 valence electrons. The molecule has 0 heterocycles. The minimum absolute atomic E-state index is 0.252. The Kier molecular flexibility index (Phi) is 4.27. The second-order valence-electron chi connectivity index (χ2n) is 4.29. The number of ether oxygens (including phenoxy) is 1. The molecule has 0 amide bonds. The summed E-state index contributed by atoms with van der Waals surface area (Å²) < 4.78 is 18.4. The summed E-state index contributed by atoms with van der Waals surface area (Å²) in [7, 11) is 1.45. The van der Waals surface area contributed by atoms with E-state index >= 15 is 0 Å². The van der Waals surface area contributed by atoms with Gasteiger partial charge in [-0.25, -0.2) is 4.39 Å². The van der Waals surface area contributed by atoms with Crippen molar-refractivity contribution < 1.29 is 9.13 Å². The number of nitrogens with one attached hydrogen (secondary N) is 1. The van der Waals surface area contributed by atoms with E-state index in [0.717, 1.165) is 16.8 Å². The van der Waals surface area contributed by atoms with E-state index in [9.17, 15) is 4.39 Å². The molecule has 0 aromatic heterocycles. The lowest BCUT2D eigenvalue weighted by Gasteiger charge is -2.09. The van der Waals surface area contributed by atoms with Crippen LogP contribution in [-0.2, 0) is 6.54 Å². The van der Waals surface area contributed by atoms with Gasteiger partial charge in [0.25, 0.3) is 0 Å². The highest BCUT2D eigenvalue weighted by Gasteiger charge is 2.03. The Morgan fingerprint density at radius 2 is 2.00 bits per heavy atom. The third-order valence-corrected chi connectivity index (χ3v) is 3.29. The highest BCUT2D eigenvalue weighted by atomic mass is 35.5. The molecule has 0 spiro atoms. The minimum atomic E-state index is -0.358. The minimum Gasteiger partial charge on any atom is -0.494 e. The molecule has 0 saturated carbocycles. The van der Waals surface area contributed by atoms with Crippen LogP contribution in [-0.4, -0.2) is 7.11 Å². The van der Waals surface area contributed by atoms with Gasteiger partial charge in [0.1, 0.15) is 0 Å². The first-order chi connectivity index (χ1) is 9.10. The van der Waals surface area contributed by atoms with Crippen molar-refractivity contribution in [3.8, 4) is 5.75 Å². The van der Waals surface area contributed by atoms with Crippen molar-refractivity contribution in [1.82, 2.24) is 0 Å². The first-order valence-electron chi connectivity index (χ1n) is 5.92. The van der Waals surface area contributed by atoms with Crippen molar-refractivity contribution in [2.24, 2.45) is 0 Å². The fourth-order valence-corrected chi connectivity index (χ4v) is 1.91. The van der Waals surface area contributed by atoms with Gasteiger partial charge >= 0.3 is 0 Å². The van der Waals surface area contributed by atoms with Crippen LogP contribution >= 0.6 is 11.6 Å². The Hall–Kier alpha value is -1.74. The van der Waals surface area contributed by atoms with Gasteiger partial charge in [0.05, 0.1) is 7.11 Å². The zero-order chi connectivity index (χ0) is 13.8. The van der Waals surface area contributed by atoms with Gasteiger partial charge in [-0.1, -0.05) is 23.7 Å². The molecule has 0 atom stereocenters. The Labute approximate surface area is 117 Å². The van der Waals surface area contributed by atoms with Crippen LogP contribution in [0.3, 0.4) is 0 Å². The van der Waals surface area contributed by atoms with E-state index in [1.54, 1.807) is 6.07 Å². The predicted octanol–water partition coefficient (Wildman–Crippen LogP) is 4.41. The first-order valence-corrected chi connectivity index (χ1v) is 6.30. The highest BCUT2D eigenvalue weighted by Crippen LogP contribution is 2.21. The zero-order valence-corrected chi connectivity index (χ0v) is 11.6. The Balaban J connectivity index is 2.05. The van der Waals surface area contributed by atoms with Crippen LogP contribution in [0.25, 0.3) is 0 Å². The second kappa shape index (κ2) is 5.93. The fourth-order valence-electron chi connectivity index (χ4n) is 1.73. The van der Waals surface area contributed by atoms with Gasteiger partial charge in [0.15, 0.2) is 11.6 Å². The summed E-state index contributed by atoms with van der Waals surface area (Å²) >= 11 is 6.04. The molecule has 2 rings (SSSR count). The lowest BCUT2D eigenvalue weighted by molar-refractivity contribution is 0.386. The van der Waals surface area contributed by atoms with E-state index in [-0.39, 0.29) is 11.6 Å². The summed E-state index contributed by atoms with van der Waals surface area (Å²) in [5.74, 6) is -0.106. The number of halogens is 2. The second-order valence-corrected chi connectivity index (χ2v) is 4.69. The molecule has 0 radical (unpaired) electrons. The molecule has 2 aromatic carbocycles. The van der Waals surface area contributed by atoms with Crippen LogP contribution in [0.5, 0.6) is 5.75 Å². The molecule has 0 aliphatic heterocycles. The summed E-state index contributed by atoms with van der Waals surface area (Å²) in [6, 6.07) is 10.7. The van der Waals surface area contributed by atoms with Crippen molar-refractivity contribution in [1.29, 1.82) is 0 Å². The molecule has 0 aliphatic rings. The average Bonchev–Trinajstić information content (AvgIpc) is 2.40. The Morgan fingerprint density at radius 1 is 1.21 bits per heavy atom. The van der Waals surface area contributed by atoms with Gasteiger partial charge < -0.3 is 10.1 Å². The number of benzene rings is 2. The third-order valence-electron chi connectivity index (χ3n) is 2.88. The van der Waals surface area contributed by atoms with Gasteiger partial charge in [0.2, 0.25) is 0 Å². The Bertz CT molecular complexity index is 586. The first kappa shape index (κ1) is 13.7. The molecule has 2 nitrogen and oxygen atoms in total. The Morgan fingerprint density at radius 3 is 2.63 bits per heavy atom. The molecular formula is C15H15ClFNO. The van der Waals surface area contributed by atoms with E-state index in [2.05, 4.69) is 5.32 Å². The number of anilines is 1. The van der Waals surface area contributed by atoms with E-state index < -0.39 is 0 Å². The van der Waals surface area contributed by atoms with Crippen LogP contribution in [0.15, 0.2) is 36.4 Å². The van der Waals surface area contributed by atoms with Crippen LogP contribution in [0.4, 0.5) is 10.1 Å². The van der Waals surface area contributed by atoms with E-state index in [4.69, 9.17) is 16.3 Å². The molecule has 19 heavy (non-hydrogen) atoms. The molecule has 2 aromatic rings. The SMILES string of the molecule is COc1ccc(CNc2ccc(C)c(Cl)c2)cc1F. The van der Waals surface area contributed by atoms with Crippen LogP contribution in [0.1, 0.15) is 11.1 Å². The average molecular weight is 280 g/mol. The zero-order valence-electron chi connectivity index (χ0n) is 10.8. The highest BCUT2D eigenvalue weighted by molar-refractivity contribution is 6.31. The van der Waals surface area contributed by atoms with Crippen molar-refractivity contribution >= 4 is 17.3 Å². The van der Waals surface area contributed by atoms with E-state index in [1.165, 1.54) is 13.2 Å². The maximum absolute atomic E-state index is 13.5. The quantitative estimate of drug-likeness (QED) is 0.895. The lowest BCUT2D eigenvalue weighted by atomic mass is 10.2. The molecule has 0 fully saturated rings. The standard InChI is InChI=1S/C15H15ClFNO/c1-10-3-5-12(8-13(10)16)18-9-11-4-6-15(19-2)14(17)7-11/h3-8,18H,9H2,1-2H3. The molecule has 4 heteroatoms. The van der Waals surface area contributed by atoms with Gasteiger partial charge in [-0.15, -0.1) is 0 Å². The smallest absolute Gasteiger partial charge is 0.165 e. The molecule has 0 unspecified atom stereocenters. The van der Waals surface area contributed by atoms with Crippen molar-refractivity contribution in [3.63, 3.8) is 0 Å². The van der Waals surface area contributed by atoms with E-state index in [1.807, 2.05) is 31.2 Å². The monoisotopic (exact) mass is 279 g/mol. The number of hydrogen-bond acceptors (Lipinski definition) is 2. The van der Waals surface area contributed by atoms with Gasteiger partial charge in [-0.05, 0) is 42.3 Å². The largest absolute Gasteiger partial charge is 0.494 e. The van der Waals surface area contributed by atoms with Crippen molar-refractivity contribution in [2.45, 2.75) is 13.5 Å². The molecule has 0 saturated heterocycles. The topological polar surface area (TPSA) is 21.3 Å². The summed E-state index contributed by atoms with van der Waals surface area (Å²) in [6.07, 6.45) is 0. The maximum atomic E-state index is 13.5. The number of methoxy groups -OCH3 is 1. The lowest BCUT2D eigenvalue weighted by Crippen LogP contribution is -2.00. The molecule has 0 bridgehead atoms. The summed E-state index contributed by atoms with van der Waals surface area (Å²) in [5.41, 5.74) is 2.78. The van der Waals surface area contributed by atoms with E-state index in [0.29, 0.717) is 11.6 Å². The van der Waals surface area contributed by atoms with Crippen LogP contribution < -0.4 is 10.1 Å². The van der Waals surface area contributed by atoms with Crippen LogP contribution in [0.2, 0.25) is 5.02 Å². The van der Waals surface area contributed by atoms with Gasteiger partial charge in [0, 0.05) is 17.3 Å². The maximum Gasteiger partial charge on any atom is 0.165 e. The van der Waals surface area contributed by atoms with Crippen molar-refractivity contribution in [3.05, 3.63) is 58.4 Å². The predicted molar refractivity (Wildman–Crippen MR) is 76.5 cm³/mol. The summed E-state index contributed by atoms with van der Waals surface area (Å²) in [5, 5.41) is 3.92. The fraction of sp³-hybridized carbons (Fsp3) is 0.200. The molecule has 0 aliphatic carbocycles. The van der Waals surface area contributed by atoms with Crippen LogP contribution in [0, 0.1) is 12.7 Å². The summed E-state index contributed by atoms with van der Waals surface area (Å²) in [4.78, 5) is 0. The number of aryl methyl sites for hydroxylation is 1. The number of rotatable bonds is 4. The molecular weight excluding hydrogens is 265 g/mol. The third kappa shape index (κ3) is 3.38. The molecule has 1 N–H and O–H groups in total. The summed E-state index contributed by atoms with van der Waals surface area (Å²) in [6.45, 7) is 2.48. The number of hydrogen-bond donors (Lipinski definition) is 1. The van der Waals surface area contributed by atoms with Gasteiger partial charge in [-0.2, -0.15) is 0 Å².